The van der Waals surface area contributed by atoms with E-state index in [4.69, 9.17) is 5.26 Å². The summed E-state index contributed by atoms with van der Waals surface area (Å²) in [7, 11) is -4.22. The molecule has 0 aromatic heterocycles. The molecule has 3 rings (SSSR count). The zero-order valence-corrected chi connectivity index (χ0v) is 11.9. The molecule has 2 fully saturated rings. The van der Waals surface area contributed by atoms with Gasteiger partial charge < -0.3 is 0 Å². The average molecular weight is 308 g/mol. The van der Waals surface area contributed by atoms with E-state index in [2.05, 4.69) is 0 Å². The maximum absolute atomic E-state index is 13.5. The number of nitrogens with one attached hydrogen (secondary N) is 1. The minimum atomic E-state index is -4.22. The number of sulfonamides is 1. The van der Waals surface area contributed by atoms with Crippen molar-refractivity contribution in [2.75, 3.05) is 0 Å². The van der Waals surface area contributed by atoms with Gasteiger partial charge in [-0.2, -0.15) is 5.26 Å². The molecule has 0 aliphatic heterocycles. The SMILES string of the molecule is N#Cc1c(F)cccc1S(=O)(=O)NC(=O)[C@@H]1C[C@@H]1C1CC1. The molecule has 2 atom stereocenters. The third-order valence-corrected chi connectivity index (χ3v) is 5.40. The fraction of sp³-hybridized carbons (Fsp3) is 0.429. The van der Waals surface area contributed by atoms with Crippen LogP contribution >= 0.6 is 0 Å². The molecule has 0 radical (unpaired) electrons. The number of benzene rings is 1. The number of hydrogen-bond donors (Lipinski definition) is 1. The van der Waals surface area contributed by atoms with Crippen LogP contribution in [0.1, 0.15) is 24.8 Å². The molecule has 1 aromatic rings. The van der Waals surface area contributed by atoms with Crippen LogP contribution in [0.3, 0.4) is 0 Å². The van der Waals surface area contributed by atoms with E-state index in [9.17, 15) is 17.6 Å². The van der Waals surface area contributed by atoms with Gasteiger partial charge in [0, 0.05) is 5.92 Å². The van der Waals surface area contributed by atoms with Crippen molar-refractivity contribution in [1.29, 1.82) is 5.26 Å². The quantitative estimate of drug-likeness (QED) is 0.914. The van der Waals surface area contributed by atoms with Crippen molar-refractivity contribution in [2.24, 2.45) is 17.8 Å². The van der Waals surface area contributed by atoms with Gasteiger partial charge in [-0.05, 0) is 43.2 Å². The molecule has 0 spiro atoms. The number of nitriles is 1. The Morgan fingerprint density at radius 2 is 2.10 bits per heavy atom. The first-order valence-electron chi connectivity index (χ1n) is 6.69. The van der Waals surface area contributed by atoms with Crippen molar-refractivity contribution >= 4 is 15.9 Å². The Kier molecular flexibility index (Phi) is 3.21. The number of rotatable bonds is 4. The van der Waals surface area contributed by atoms with E-state index in [0.717, 1.165) is 25.0 Å². The van der Waals surface area contributed by atoms with Gasteiger partial charge in [0.2, 0.25) is 5.91 Å². The molecule has 7 heteroatoms. The highest BCUT2D eigenvalue weighted by Gasteiger charge is 2.51. The number of hydrogen-bond acceptors (Lipinski definition) is 4. The monoisotopic (exact) mass is 308 g/mol. The van der Waals surface area contributed by atoms with E-state index in [-0.39, 0.29) is 11.8 Å². The number of carbonyl (C=O) groups is 1. The summed E-state index contributed by atoms with van der Waals surface area (Å²) in [5.74, 6) is -0.919. The van der Waals surface area contributed by atoms with Crippen LogP contribution in [0.4, 0.5) is 4.39 Å². The highest BCUT2D eigenvalue weighted by molar-refractivity contribution is 7.90. The summed E-state index contributed by atoms with van der Waals surface area (Å²) < 4.78 is 39.7. The van der Waals surface area contributed by atoms with Gasteiger partial charge in [-0.3, -0.25) is 4.79 Å². The third-order valence-electron chi connectivity index (χ3n) is 4.02. The van der Waals surface area contributed by atoms with Crippen molar-refractivity contribution in [3.63, 3.8) is 0 Å². The molecule has 0 heterocycles. The van der Waals surface area contributed by atoms with E-state index in [0.29, 0.717) is 12.3 Å². The van der Waals surface area contributed by atoms with E-state index in [1.165, 1.54) is 12.1 Å². The highest BCUT2D eigenvalue weighted by Crippen LogP contribution is 2.54. The summed E-state index contributed by atoms with van der Waals surface area (Å²) in [4.78, 5) is 11.5. The molecule has 0 unspecified atom stereocenters. The van der Waals surface area contributed by atoms with Crippen molar-refractivity contribution in [2.45, 2.75) is 24.2 Å². The Balaban J connectivity index is 1.80. The van der Waals surface area contributed by atoms with Gasteiger partial charge in [0.25, 0.3) is 10.0 Å². The van der Waals surface area contributed by atoms with Crippen LogP contribution in [-0.2, 0) is 14.8 Å². The van der Waals surface area contributed by atoms with Crippen LogP contribution in [0, 0.1) is 34.9 Å². The summed E-state index contributed by atoms with van der Waals surface area (Å²) in [5.41, 5.74) is -0.577. The molecule has 1 N–H and O–H groups in total. The summed E-state index contributed by atoms with van der Waals surface area (Å²) in [6.07, 6.45) is 2.91. The minimum absolute atomic E-state index is 0.272. The van der Waals surface area contributed by atoms with Crippen molar-refractivity contribution in [1.82, 2.24) is 4.72 Å². The second kappa shape index (κ2) is 4.81. The first-order valence-corrected chi connectivity index (χ1v) is 8.17. The number of amides is 1. The maximum Gasteiger partial charge on any atom is 0.265 e. The molecular formula is C14H13FN2O3S. The van der Waals surface area contributed by atoms with Gasteiger partial charge in [0.05, 0.1) is 0 Å². The smallest absolute Gasteiger partial charge is 0.265 e. The van der Waals surface area contributed by atoms with E-state index < -0.39 is 32.2 Å². The van der Waals surface area contributed by atoms with Crippen molar-refractivity contribution < 1.29 is 17.6 Å². The number of carbonyl (C=O) groups excluding carboxylic acids is 1. The molecule has 1 aromatic carbocycles. The largest absolute Gasteiger partial charge is 0.274 e. The Morgan fingerprint density at radius 1 is 1.38 bits per heavy atom. The molecule has 0 bridgehead atoms. The molecule has 2 aliphatic rings. The average Bonchev–Trinajstić information content (AvgIpc) is 3.27. The zero-order valence-electron chi connectivity index (χ0n) is 11.0. The Labute approximate surface area is 121 Å². The lowest BCUT2D eigenvalue weighted by Crippen LogP contribution is -2.33. The minimum Gasteiger partial charge on any atom is -0.274 e. The summed E-state index contributed by atoms with van der Waals surface area (Å²) in [6, 6.07) is 4.83. The van der Waals surface area contributed by atoms with E-state index in [1.807, 2.05) is 4.72 Å². The van der Waals surface area contributed by atoms with E-state index >= 15 is 0 Å². The first-order chi connectivity index (χ1) is 9.94. The number of halogens is 1. The fourth-order valence-electron chi connectivity index (χ4n) is 2.66. The molecule has 2 saturated carbocycles. The Morgan fingerprint density at radius 3 is 2.71 bits per heavy atom. The van der Waals surface area contributed by atoms with Gasteiger partial charge in [0.1, 0.15) is 22.3 Å². The predicted octanol–water partition coefficient (Wildman–Crippen LogP) is 1.55. The second-order valence-corrected chi connectivity index (χ2v) is 7.19. The molecule has 2 aliphatic carbocycles. The van der Waals surface area contributed by atoms with Gasteiger partial charge in [0.15, 0.2) is 0 Å². The van der Waals surface area contributed by atoms with Crippen molar-refractivity contribution in [3.05, 3.63) is 29.6 Å². The van der Waals surface area contributed by atoms with E-state index in [1.54, 1.807) is 0 Å². The van der Waals surface area contributed by atoms with Gasteiger partial charge in [-0.1, -0.05) is 6.07 Å². The normalized spacial score (nSPS) is 24.2. The topological polar surface area (TPSA) is 87.0 Å². The Bertz CT molecular complexity index is 750. The standard InChI is InChI=1S/C14H13FN2O3S/c15-12-2-1-3-13(11(12)7-16)21(19,20)17-14(18)10-6-9(10)8-4-5-8/h1-3,8-10H,4-6H2,(H,17,18)/t9-,10-/m1/s1. The maximum atomic E-state index is 13.5. The summed E-state index contributed by atoms with van der Waals surface area (Å²) in [6.45, 7) is 0. The molecule has 110 valence electrons. The first kappa shape index (κ1) is 14.0. The highest BCUT2D eigenvalue weighted by atomic mass is 32.2. The third kappa shape index (κ3) is 2.63. The van der Waals surface area contributed by atoms with Gasteiger partial charge >= 0.3 is 0 Å². The predicted molar refractivity (Wildman–Crippen MR) is 70.8 cm³/mol. The molecular weight excluding hydrogens is 295 g/mol. The lowest BCUT2D eigenvalue weighted by atomic mass is 10.2. The van der Waals surface area contributed by atoms with Crippen LogP contribution in [0.25, 0.3) is 0 Å². The lowest BCUT2D eigenvalue weighted by molar-refractivity contribution is -0.120. The molecule has 1 amide bonds. The zero-order chi connectivity index (χ0) is 15.2. The fourth-order valence-corrected chi connectivity index (χ4v) is 3.86. The van der Waals surface area contributed by atoms with Crippen LogP contribution < -0.4 is 4.72 Å². The van der Waals surface area contributed by atoms with Crippen LogP contribution in [-0.4, -0.2) is 14.3 Å². The van der Waals surface area contributed by atoms with Crippen LogP contribution in [0.15, 0.2) is 23.1 Å². The number of nitrogens with zero attached hydrogens (tertiary/aromatic N) is 1. The lowest BCUT2D eigenvalue weighted by Gasteiger charge is -2.08. The molecule has 0 saturated heterocycles. The second-order valence-electron chi connectivity index (χ2n) is 5.54. The molecule has 21 heavy (non-hydrogen) atoms. The molecule has 5 nitrogen and oxygen atoms in total. The summed E-state index contributed by atoms with van der Waals surface area (Å²) in [5, 5.41) is 8.87. The summed E-state index contributed by atoms with van der Waals surface area (Å²) >= 11 is 0. The Hall–Kier alpha value is -1.94. The van der Waals surface area contributed by atoms with Gasteiger partial charge in [-0.15, -0.1) is 0 Å². The van der Waals surface area contributed by atoms with Crippen molar-refractivity contribution in [3.8, 4) is 6.07 Å². The van der Waals surface area contributed by atoms with Gasteiger partial charge in [-0.25, -0.2) is 17.5 Å². The van der Waals surface area contributed by atoms with Crippen LogP contribution in [0.2, 0.25) is 0 Å². The van der Waals surface area contributed by atoms with Crippen LogP contribution in [0.5, 0.6) is 0 Å².